The van der Waals surface area contributed by atoms with Gasteiger partial charge in [0.1, 0.15) is 0 Å². The van der Waals surface area contributed by atoms with Gasteiger partial charge in [0.2, 0.25) is 6.79 Å². The molecule has 0 aliphatic carbocycles. The van der Waals surface area contributed by atoms with Crippen molar-refractivity contribution in [3.05, 3.63) is 23.3 Å². The van der Waals surface area contributed by atoms with Crippen molar-refractivity contribution in [2.24, 2.45) is 0 Å². The zero-order chi connectivity index (χ0) is 11.7. The maximum absolute atomic E-state index is 5.85. The van der Waals surface area contributed by atoms with Crippen LogP contribution >= 0.6 is 11.6 Å². The minimum Gasteiger partial charge on any atom is -0.454 e. The van der Waals surface area contributed by atoms with Crippen molar-refractivity contribution in [1.82, 2.24) is 0 Å². The summed E-state index contributed by atoms with van der Waals surface area (Å²) in [5.74, 6) is 2.29. The first-order valence-electron chi connectivity index (χ1n) is 5.98. The third-order valence-electron chi connectivity index (χ3n) is 3.26. The van der Waals surface area contributed by atoms with Gasteiger partial charge in [-0.25, -0.2) is 0 Å². The number of hydrogen-bond donors (Lipinski definition) is 0. The largest absolute Gasteiger partial charge is 0.454 e. The van der Waals surface area contributed by atoms with Crippen LogP contribution in [-0.2, 0) is 11.2 Å². The van der Waals surface area contributed by atoms with Crippen LogP contribution in [0.25, 0.3) is 0 Å². The number of ether oxygens (including phenoxy) is 3. The molecule has 0 amide bonds. The fourth-order valence-electron chi connectivity index (χ4n) is 2.43. The first-order valence-corrected chi connectivity index (χ1v) is 6.52. The molecule has 0 saturated carbocycles. The fraction of sp³-hybridized carbons (Fsp3) is 0.538. The number of fused-ring (bicyclic) bond motifs is 2. The standard InChI is InChI=1S/C13H15ClO3/c14-4-3-11-10-7-13-12(16-8-17-13)6-9(10)2-1-5-15-11/h6-7,11H,1-5,8H2. The smallest absolute Gasteiger partial charge is 0.231 e. The lowest BCUT2D eigenvalue weighted by atomic mass is 9.97. The van der Waals surface area contributed by atoms with Crippen LogP contribution in [0.15, 0.2) is 12.1 Å². The molecule has 0 fully saturated rings. The minimum atomic E-state index is 0.0968. The molecule has 0 radical (unpaired) electrons. The molecule has 1 aromatic carbocycles. The van der Waals surface area contributed by atoms with Gasteiger partial charge in [-0.05, 0) is 42.5 Å². The molecule has 2 heterocycles. The van der Waals surface area contributed by atoms with E-state index in [1.807, 2.05) is 0 Å². The molecular formula is C13H15ClO3. The molecule has 0 aromatic heterocycles. The average Bonchev–Trinajstić information content (AvgIpc) is 2.70. The van der Waals surface area contributed by atoms with Gasteiger partial charge in [0.05, 0.1) is 6.10 Å². The summed E-state index contributed by atoms with van der Waals surface area (Å²) in [6.07, 6.45) is 3.02. The normalized spacial score (nSPS) is 22.1. The van der Waals surface area contributed by atoms with Gasteiger partial charge < -0.3 is 14.2 Å². The fourth-order valence-corrected chi connectivity index (χ4v) is 2.63. The molecule has 3 rings (SSSR count). The van der Waals surface area contributed by atoms with E-state index in [0.717, 1.165) is 37.4 Å². The van der Waals surface area contributed by atoms with Crippen molar-refractivity contribution in [2.75, 3.05) is 19.3 Å². The third kappa shape index (κ3) is 2.09. The molecule has 92 valence electrons. The average molecular weight is 255 g/mol. The molecule has 1 atom stereocenters. The first kappa shape index (κ1) is 11.2. The van der Waals surface area contributed by atoms with Gasteiger partial charge in [-0.1, -0.05) is 0 Å². The van der Waals surface area contributed by atoms with Crippen LogP contribution in [0.4, 0.5) is 0 Å². The van der Waals surface area contributed by atoms with Crippen LogP contribution in [0.1, 0.15) is 30.1 Å². The Morgan fingerprint density at radius 1 is 1.24 bits per heavy atom. The van der Waals surface area contributed by atoms with E-state index in [4.69, 9.17) is 25.8 Å². The second-order valence-electron chi connectivity index (χ2n) is 4.34. The molecule has 0 bridgehead atoms. The molecule has 0 spiro atoms. The highest BCUT2D eigenvalue weighted by molar-refractivity contribution is 6.17. The van der Waals surface area contributed by atoms with E-state index >= 15 is 0 Å². The van der Waals surface area contributed by atoms with E-state index < -0.39 is 0 Å². The van der Waals surface area contributed by atoms with Crippen molar-refractivity contribution >= 4 is 11.6 Å². The summed E-state index contributed by atoms with van der Waals surface area (Å²) in [5, 5.41) is 0. The maximum Gasteiger partial charge on any atom is 0.231 e. The Morgan fingerprint density at radius 3 is 2.88 bits per heavy atom. The summed E-state index contributed by atoms with van der Waals surface area (Å²) < 4.78 is 16.7. The van der Waals surface area contributed by atoms with Crippen LogP contribution in [0.5, 0.6) is 11.5 Å². The zero-order valence-electron chi connectivity index (χ0n) is 9.58. The summed E-state index contributed by atoms with van der Waals surface area (Å²) in [6.45, 7) is 1.11. The topological polar surface area (TPSA) is 27.7 Å². The van der Waals surface area contributed by atoms with Gasteiger partial charge in [0.25, 0.3) is 0 Å². The lowest BCUT2D eigenvalue weighted by molar-refractivity contribution is 0.0545. The van der Waals surface area contributed by atoms with Gasteiger partial charge in [0, 0.05) is 12.5 Å². The van der Waals surface area contributed by atoms with Gasteiger partial charge in [-0.2, -0.15) is 0 Å². The molecule has 17 heavy (non-hydrogen) atoms. The first-order chi connectivity index (χ1) is 8.38. The van der Waals surface area contributed by atoms with Gasteiger partial charge >= 0.3 is 0 Å². The lowest BCUT2D eigenvalue weighted by Gasteiger charge is -2.17. The summed E-state index contributed by atoms with van der Waals surface area (Å²) in [7, 11) is 0. The Balaban J connectivity index is 2.00. The molecule has 2 aliphatic heterocycles. The second kappa shape index (κ2) is 4.75. The molecule has 0 saturated heterocycles. The number of benzene rings is 1. The molecule has 4 heteroatoms. The Kier molecular flexibility index (Phi) is 3.12. The van der Waals surface area contributed by atoms with E-state index in [1.54, 1.807) is 0 Å². The molecule has 2 aliphatic rings. The maximum atomic E-state index is 5.85. The number of halogens is 1. The molecule has 1 aromatic rings. The highest BCUT2D eigenvalue weighted by Crippen LogP contribution is 2.40. The Bertz CT molecular complexity index is 419. The molecule has 1 unspecified atom stereocenters. The van der Waals surface area contributed by atoms with Crippen molar-refractivity contribution in [2.45, 2.75) is 25.4 Å². The summed E-state index contributed by atoms with van der Waals surface area (Å²) in [6, 6.07) is 4.15. The van der Waals surface area contributed by atoms with Crippen LogP contribution in [0.3, 0.4) is 0 Å². The SMILES string of the molecule is ClCCC1OCCCc2cc3c(cc21)OCO3. The van der Waals surface area contributed by atoms with E-state index in [9.17, 15) is 0 Å². The highest BCUT2D eigenvalue weighted by atomic mass is 35.5. The predicted molar refractivity (Wildman–Crippen MR) is 64.9 cm³/mol. The number of alkyl halides is 1. The monoisotopic (exact) mass is 254 g/mol. The van der Waals surface area contributed by atoms with Crippen molar-refractivity contribution in [3.63, 3.8) is 0 Å². The van der Waals surface area contributed by atoms with Crippen molar-refractivity contribution in [3.8, 4) is 11.5 Å². The van der Waals surface area contributed by atoms with Crippen molar-refractivity contribution in [1.29, 1.82) is 0 Å². The number of rotatable bonds is 2. The van der Waals surface area contributed by atoms with E-state index in [1.165, 1.54) is 11.1 Å². The van der Waals surface area contributed by atoms with Crippen LogP contribution < -0.4 is 9.47 Å². The predicted octanol–water partition coefficient (Wildman–Crippen LogP) is 3.05. The Morgan fingerprint density at radius 2 is 2.06 bits per heavy atom. The van der Waals surface area contributed by atoms with Crippen LogP contribution in [-0.4, -0.2) is 19.3 Å². The number of hydrogen-bond acceptors (Lipinski definition) is 3. The summed E-state index contributed by atoms with van der Waals surface area (Å²) in [4.78, 5) is 0. The van der Waals surface area contributed by atoms with Gasteiger partial charge in [0.15, 0.2) is 11.5 Å². The summed E-state index contributed by atoms with van der Waals surface area (Å²) >= 11 is 5.84. The van der Waals surface area contributed by atoms with Crippen LogP contribution in [0.2, 0.25) is 0 Å². The van der Waals surface area contributed by atoms with E-state index in [0.29, 0.717) is 12.7 Å². The van der Waals surface area contributed by atoms with Gasteiger partial charge in [-0.3, -0.25) is 0 Å². The minimum absolute atomic E-state index is 0.0968. The van der Waals surface area contributed by atoms with Crippen molar-refractivity contribution < 1.29 is 14.2 Å². The highest BCUT2D eigenvalue weighted by Gasteiger charge is 2.24. The summed E-state index contributed by atoms with van der Waals surface area (Å²) in [5.41, 5.74) is 2.52. The third-order valence-corrected chi connectivity index (χ3v) is 3.48. The van der Waals surface area contributed by atoms with Crippen LogP contribution in [0, 0.1) is 0 Å². The van der Waals surface area contributed by atoms with Gasteiger partial charge in [-0.15, -0.1) is 11.6 Å². The molecule has 0 N–H and O–H groups in total. The zero-order valence-corrected chi connectivity index (χ0v) is 10.3. The molecular weight excluding hydrogens is 240 g/mol. The quantitative estimate of drug-likeness (QED) is 0.760. The van der Waals surface area contributed by atoms with E-state index in [-0.39, 0.29) is 6.10 Å². The second-order valence-corrected chi connectivity index (χ2v) is 4.72. The molecule has 3 nitrogen and oxygen atoms in total. The Labute approximate surface area is 106 Å². The Hall–Kier alpha value is -0.930. The lowest BCUT2D eigenvalue weighted by Crippen LogP contribution is -2.05. The van der Waals surface area contributed by atoms with E-state index in [2.05, 4.69) is 12.1 Å². The number of aryl methyl sites for hydroxylation is 1.